The van der Waals surface area contributed by atoms with Crippen LogP contribution in [0.25, 0.3) is 10.9 Å². The van der Waals surface area contributed by atoms with Gasteiger partial charge in [0.05, 0.1) is 11.7 Å². The monoisotopic (exact) mass is 377 g/mol. The highest BCUT2D eigenvalue weighted by Crippen LogP contribution is 2.19. The molecule has 4 nitrogen and oxygen atoms in total. The average molecular weight is 377 g/mol. The molecule has 20 heavy (non-hydrogen) atoms. The summed E-state index contributed by atoms with van der Waals surface area (Å²) in [6, 6.07) is 11.3. The maximum atomic E-state index is 12.2. The number of carbonyl (C=O) groups is 1. The zero-order chi connectivity index (χ0) is 14.1. The van der Waals surface area contributed by atoms with Crippen LogP contribution in [0.3, 0.4) is 0 Å². The van der Waals surface area contributed by atoms with Crippen LogP contribution >= 0.6 is 22.6 Å². The van der Waals surface area contributed by atoms with Gasteiger partial charge < -0.3 is 5.32 Å². The predicted octanol–water partition coefficient (Wildman–Crippen LogP) is 3.73. The summed E-state index contributed by atoms with van der Waals surface area (Å²) in [6.45, 7) is 2.04. The minimum Gasteiger partial charge on any atom is -0.322 e. The Morgan fingerprint density at radius 3 is 2.90 bits per heavy atom. The summed E-state index contributed by atoms with van der Waals surface area (Å²) in [7, 11) is 0. The SMILES string of the molecule is Cc1ccc(NC(=O)c2ccc3cn[nH]c3c2)cc1I. The molecule has 0 atom stereocenters. The minimum atomic E-state index is -0.124. The first-order valence-electron chi connectivity index (χ1n) is 6.14. The smallest absolute Gasteiger partial charge is 0.255 e. The summed E-state index contributed by atoms with van der Waals surface area (Å²) in [5, 5.41) is 10.7. The number of aromatic nitrogens is 2. The van der Waals surface area contributed by atoms with E-state index in [9.17, 15) is 4.79 Å². The lowest BCUT2D eigenvalue weighted by Crippen LogP contribution is -2.11. The first-order chi connectivity index (χ1) is 9.63. The molecule has 0 aliphatic carbocycles. The lowest BCUT2D eigenvalue weighted by Gasteiger charge is -2.07. The van der Waals surface area contributed by atoms with E-state index in [-0.39, 0.29) is 5.91 Å². The summed E-state index contributed by atoms with van der Waals surface area (Å²) < 4.78 is 1.13. The number of hydrogen-bond acceptors (Lipinski definition) is 2. The summed E-state index contributed by atoms with van der Waals surface area (Å²) in [5.41, 5.74) is 3.46. The molecule has 0 radical (unpaired) electrons. The number of rotatable bonds is 2. The van der Waals surface area contributed by atoms with E-state index in [1.165, 1.54) is 5.56 Å². The molecule has 2 aromatic carbocycles. The van der Waals surface area contributed by atoms with Crippen molar-refractivity contribution in [3.8, 4) is 0 Å². The number of benzene rings is 2. The Labute approximate surface area is 129 Å². The van der Waals surface area contributed by atoms with Crippen LogP contribution in [-0.2, 0) is 0 Å². The number of nitrogens with one attached hydrogen (secondary N) is 2. The molecule has 0 saturated carbocycles. The molecule has 3 aromatic rings. The quantitative estimate of drug-likeness (QED) is 0.669. The molecule has 1 aromatic heterocycles. The third-order valence-corrected chi connectivity index (χ3v) is 4.30. The summed E-state index contributed by atoms with van der Waals surface area (Å²) in [5.74, 6) is -0.124. The zero-order valence-corrected chi connectivity index (χ0v) is 12.9. The fourth-order valence-electron chi connectivity index (χ4n) is 1.95. The normalized spacial score (nSPS) is 10.7. The lowest BCUT2D eigenvalue weighted by molar-refractivity contribution is 0.102. The van der Waals surface area contributed by atoms with Crippen LogP contribution in [0.5, 0.6) is 0 Å². The summed E-state index contributed by atoms with van der Waals surface area (Å²) in [4.78, 5) is 12.2. The Bertz CT molecular complexity index is 795. The summed E-state index contributed by atoms with van der Waals surface area (Å²) >= 11 is 2.26. The number of carbonyl (C=O) groups excluding carboxylic acids is 1. The Morgan fingerprint density at radius 1 is 1.25 bits per heavy atom. The Kier molecular flexibility index (Phi) is 3.43. The number of hydrogen-bond donors (Lipinski definition) is 2. The van der Waals surface area contributed by atoms with Crippen LogP contribution in [0, 0.1) is 10.5 Å². The number of nitrogens with zero attached hydrogens (tertiary/aromatic N) is 1. The molecule has 0 fully saturated rings. The van der Waals surface area contributed by atoms with Crippen LogP contribution in [0.1, 0.15) is 15.9 Å². The van der Waals surface area contributed by atoms with Crippen molar-refractivity contribution in [1.82, 2.24) is 10.2 Å². The van der Waals surface area contributed by atoms with Gasteiger partial charge in [-0.3, -0.25) is 9.89 Å². The third kappa shape index (κ3) is 2.53. The second-order valence-corrected chi connectivity index (χ2v) is 5.75. The van der Waals surface area contributed by atoms with Gasteiger partial charge in [0.1, 0.15) is 0 Å². The van der Waals surface area contributed by atoms with E-state index in [4.69, 9.17) is 0 Å². The van der Waals surface area contributed by atoms with Gasteiger partial charge in [0.2, 0.25) is 0 Å². The molecule has 0 saturated heterocycles. The first-order valence-corrected chi connectivity index (χ1v) is 7.22. The third-order valence-electron chi connectivity index (χ3n) is 3.13. The molecule has 100 valence electrons. The van der Waals surface area contributed by atoms with Crippen LogP contribution < -0.4 is 5.32 Å². The van der Waals surface area contributed by atoms with Crippen molar-refractivity contribution in [3.05, 3.63) is 57.3 Å². The second kappa shape index (κ2) is 5.24. The highest BCUT2D eigenvalue weighted by atomic mass is 127. The number of halogens is 1. The van der Waals surface area contributed by atoms with E-state index in [0.717, 1.165) is 20.2 Å². The van der Waals surface area contributed by atoms with Gasteiger partial charge in [-0.15, -0.1) is 0 Å². The van der Waals surface area contributed by atoms with E-state index in [2.05, 4.69) is 38.1 Å². The standard InChI is InChI=1S/C15H12IN3O/c1-9-2-5-12(7-13(9)16)18-15(20)10-3-4-11-8-17-19-14(11)6-10/h2-8H,1H3,(H,17,19)(H,18,20). The Hall–Kier alpha value is -1.89. The van der Waals surface area contributed by atoms with E-state index in [1.807, 2.05) is 31.2 Å². The van der Waals surface area contributed by atoms with Crippen molar-refractivity contribution in [1.29, 1.82) is 0 Å². The highest BCUT2D eigenvalue weighted by Gasteiger charge is 2.08. The molecule has 1 amide bonds. The molecule has 5 heteroatoms. The number of aryl methyl sites for hydroxylation is 1. The van der Waals surface area contributed by atoms with Crippen molar-refractivity contribution >= 4 is 45.1 Å². The fraction of sp³-hybridized carbons (Fsp3) is 0.0667. The average Bonchev–Trinajstić information content (AvgIpc) is 2.90. The van der Waals surface area contributed by atoms with E-state index in [1.54, 1.807) is 18.3 Å². The van der Waals surface area contributed by atoms with Crippen molar-refractivity contribution in [2.24, 2.45) is 0 Å². The van der Waals surface area contributed by atoms with Gasteiger partial charge in [-0.2, -0.15) is 5.10 Å². The van der Waals surface area contributed by atoms with Crippen molar-refractivity contribution in [2.45, 2.75) is 6.92 Å². The van der Waals surface area contributed by atoms with E-state index >= 15 is 0 Å². The molecular formula is C15H12IN3O. The van der Waals surface area contributed by atoms with Gasteiger partial charge in [0.25, 0.3) is 5.91 Å². The Morgan fingerprint density at radius 2 is 2.10 bits per heavy atom. The van der Waals surface area contributed by atoms with Gasteiger partial charge in [-0.1, -0.05) is 12.1 Å². The Balaban J connectivity index is 1.86. The molecule has 0 unspecified atom stereocenters. The van der Waals surface area contributed by atoms with Crippen molar-refractivity contribution < 1.29 is 4.79 Å². The number of amides is 1. The maximum Gasteiger partial charge on any atom is 0.255 e. The molecule has 0 aliphatic heterocycles. The van der Waals surface area contributed by atoms with Gasteiger partial charge >= 0.3 is 0 Å². The molecular weight excluding hydrogens is 365 g/mol. The largest absolute Gasteiger partial charge is 0.322 e. The minimum absolute atomic E-state index is 0.124. The second-order valence-electron chi connectivity index (χ2n) is 4.59. The molecule has 0 aliphatic rings. The summed E-state index contributed by atoms with van der Waals surface area (Å²) in [6.07, 6.45) is 1.74. The number of anilines is 1. The van der Waals surface area contributed by atoms with Gasteiger partial charge in [0.15, 0.2) is 0 Å². The van der Waals surface area contributed by atoms with Crippen LogP contribution in [-0.4, -0.2) is 16.1 Å². The predicted molar refractivity (Wildman–Crippen MR) is 87.9 cm³/mol. The van der Waals surface area contributed by atoms with Crippen LogP contribution in [0.2, 0.25) is 0 Å². The van der Waals surface area contributed by atoms with E-state index < -0.39 is 0 Å². The fourth-order valence-corrected chi connectivity index (χ4v) is 2.47. The van der Waals surface area contributed by atoms with E-state index in [0.29, 0.717) is 5.56 Å². The number of H-pyrrole nitrogens is 1. The number of fused-ring (bicyclic) bond motifs is 1. The lowest BCUT2D eigenvalue weighted by atomic mass is 10.1. The van der Waals surface area contributed by atoms with Crippen LogP contribution in [0.15, 0.2) is 42.6 Å². The molecule has 2 N–H and O–H groups in total. The van der Waals surface area contributed by atoms with Gasteiger partial charge in [-0.25, -0.2) is 0 Å². The van der Waals surface area contributed by atoms with Crippen molar-refractivity contribution in [3.63, 3.8) is 0 Å². The molecule has 0 spiro atoms. The number of aromatic amines is 1. The molecule has 0 bridgehead atoms. The molecule has 1 heterocycles. The van der Waals surface area contributed by atoms with Gasteiger partial charge in [-0.05, 0) is 59.3 Å². The van der Waals surface area contributed by atoms with Crippen molar-refractivity contribution in [2.75, 3.05) is 5.32 Å². The first kappa shape index (κ1) is 13.1. The zero-order valence-electron chi connectivity index (χ0n) is 10.8. The maximum absolute atomic E-state index is 12.2. The van der Waals surface area contributed by atoms with Gasteiger partial charge in [0, 0.05) is 20.2 Å². The van der Waals surface area contributed by atoms with Crippen LogP contribution in [0.4, 0.5) is 5.69 Å². The molecule has 3 rings (SSSR count). The topological polar surface area (TPSA) is 57.8 Å². The highest BCUT2D eigenvalue weighted by molar-refractivity contribution is 14.1.